The van der Waals surface area contributed by atoms with Gasteiger partial charge in [0.15, 0.2) is 0 Å². The minimum Gasteiger partial charge on any atom is -0.352 e. The van der Waals surface area contributed by atoms with Gasteiger partial charge in [0.1, 0.15) is 0 Å². The summed E-state index contributed by atoms with van der Waals surface area (Å²) in [4.78, 5) is 12.2. The van der Waals surface area contributed by atoms with Gasteiger partial charge in [0.25, 0.3) is 15.9 Å². The molecule has 0 aromatic heterocycles. The Bertz CT molecular complexity index is 839. The second-order valence-corrected chi connectivity index (χ2v) is 7.67. The first kappa shape index (κ1) is 19.3. The molecule has 0 aliphatic heterocycles. The second kappa shape index (κ2) is 8.36. The van der Waals surface area contributed by atoms with Crippen LogP contribution in [0.15, 0.2) is 53.4 Å². The van der Waals surface area contributed by atoms with E-state index < -0.39 is 10.0 Å². The van der Waals surface area contributed by atoms with Gasteiger partial charge in [-0.15, -0.1) is 0 Å². The summed E-state index contributed by atoms with van der Waals surface area (Å²) < 4.78 is 27.3. The fraction of sp³-hybridized carbons (Fsp3) is 0.278. The zero-order chi connectivity index (χ0) is 18.4. The number of halogens is 1. The first-order valence-corrected chi connectivity index (χ1v) is 9.89. The standard InChI is InChI=1S/C18H21ClN2O3S/c1-3-12-20-18(22)16-13-15(10-11-17(16)19)25(23,24)21(4-2)14-8-6-5-7-9-14/h5-11,13H,3-4,12H2,1-2H3,(H,20,22). The molecule has 0 saturated heterocycles. The Balaban J connectivity index is 2.44. The SMILES string of the molecule is CCCNC(=O)c1cc(S(=O)(=O)N(CC)c2ccccc2)ccc1Cl. The Hall–Kier alpha value is -2.05. The number of para-hydroxylation sites is 1. The summed E-state index contributed by atoms with van der Waals surface area (Å²) in [5.41, 5.74) is 0.720. The van der Waals surface area contributed by atoms with Gasteiger partial charge in [0.2, 0.25) is 0 Å². The maximum Gasteiger partial charge on any atom is 0.264 e. The number of amides is 1. The molecule has 0 radical (unpaired) electrons. The molecule has 0 unspecified atom stereocenters. The summed E-state index contributed by atoms with van der Waals surface area (Å²) in [6, 6.07) is 13.0. The zero-order valence-electron chi connectivity index (χ0n) is 14.2. The first-order valence-electron chi connectivity index (χ1n) is 8.07. The van der Waals surface area contributed by atoms with E-state index in [-0.39, 0.29) is 27.9 Å². The largest absolute Gasteiger partial charge is 0.352 e. The topological polar surface area (TPSA) is 66.5 Å². The van der Waals surface area contributed by atoms with Gasteiger partial charge in [-0.25, -0.2) is 8.42 Å². The minimum atomic E-state index is -3.80. The molecule has 2 aromatic carbocycles. The van der Waals surface area contributed by atoms with E-state index in [1.807, 2.05) is 13.0 Å². The number of carbonyl (C=O) groups is 1. The molecule has 0 fully saturated rings. The molecule has 25 heavy (non-hydrogen) atoms. The van der Waals surface area contributed by atoms with Crippen molar-refractivity contribution in [3.8, 4) is 0 Å². The summed E-state index contributed by atoms with van der Waals surface area (Å²) >= 11 is 6.08. The van der Waals surface area contributed by atoms with Crippen molar-refractivity contribution in [1.29, 1.82) is 0 Å². The lowest BCUT2D eigenvalue weighted by atomic mass is 10.2. The lowest BCUT2D eigenvalue weighted by Crippen LogP contribution is -2.31. The molecule has 1 amide bonds. The molecule has 0 spiro atoms. The molecule has 2 aromatic rings. The highest BCUT2D eigenvalue weighted by Crippen LogP contribution is 2.26. The van der Waals surface area contributed by atoms with E-state index in [1.165, 1.54) is 22.5 Å². The Morgan fingerprint density at radius 2 is 1.80 bits per heavy atom. The van der Waals surface area contributed by atoms with Crippen LogP contribution in [0.4, 0.5) is 5.69 Å². The lowest BCUT2D eigenvalue weighted by molar-refractivity contribution is 0.0953. The molecule has 0 atom stereocenters. The van der Waals surface area contributed by atoms with E-state index in [9.17, 15) is 13.2 Å². The number of hydrogen-bond donors (Lipinski definition) is 1. The Morgan fingerprint density at radius 1 is 1.12 bits per heavy atom. The van der Waals surface area contributed by atoms with Gasteiger partial charge >= 0.3 is 0 Å². The van der Waals surface area contributed by atoms with Crippen LogP contribution in [0.25, 0.3) is 0 Å². The van der Waals surface area contributed by atoms with E-state index >= 15 is 0 Å². The molecule has 7 heteroatoms. The lowest BCUT2D eigenvalue weighted by Gasteiger charge is -2.23. The molecule has 2 rings (SSSR count). The molecule has 0 aliphatic rings. The molecule has 0 bridgehead atoms. The molecule has 1 N–H and O–H groups in total. The van der Waals surface area contributed by atoms with Gasteiger partial charge in [0, 0.05) is 13.1 Å². The number of nitrogens with zero attached hydrogens (tertiary/aromatic N) is 1. The summed E-state index contributed by atoms with van der Waals surface area (Å²) in [5.74, 6) is -0.383. The van der Waals surface area contributed by atoms with Crippen LogP contribution in [0.1, 0.15) is 30.6 Å². The van der Waals surface area contributed by atoms with Crippen LogP contribution < -0.4 is 9.62 Å². The molecular weight excluding hydrogens is 360 g/mol. The van der Waals surface area contributed by atoms with E-state index in [4.69, 9.17) is 11.6 Å². The van der Waals surface area contributed by atoms with Crippen LogP contribution in [0.3, 0.4) is 0 Å². The number of nitrogens with one attached hydrogen (secondary N) is 1. The molecule has 0 heterocycles. The summed E-state index contributed by atoms with van der Waals surface area (Å²) in [6.45, 7) is 4.46. The smallest absolute Gasteiger partial charge is 0.264 e. The number of hydrogen-bond acceptors (Lipinski definition) is 3. The number of sulfonamides is 1. The second-order valence-electron chi connectivity index (χ2n) is 5.40. The van der Waals surface area contributed by atoms with E-state index in [0.29, 0.717) is 12.2 Å². The van der Waals surface area contributed by atoms with Gasteiger partial charge in [-0.3, -0.25) is 9.10 Å². The van der Waals surface area contributed by atoms with Gasteiger partial charge in [-0.2, -0.15) is 0 Å². The van der Waals surface area contributed by atoms with Gasteiger partial charge < -0.3 is 5.32 Å². The van der Waals surface area contributed by atoms with Crippen molar-refractivity contribution in [2.45, 2.75) is 25.2 Å². The monoisotopic (exact) mass is 380 g/mol. The first-order chi connectivity index (χ1) is 11.9. The van der Waals surface area contributed by atoms with Crippen molar-refractivity contribution in [2.75, 3.05) is 17.4 Å². The summed E-state index contributed by atoms with van der Waals surface area (Å²) in [7, 11) is -3.80. The third-order valence-corrected chi connectivity index (χ3v) is 5.87. The molecule has 134 valence electrons. The third-order valence-electron chi connectivity index (χ3n) is 3.64. The number of benzene rings is 2. The van der Waals surface area contributed by atoms with Gasteiger partial charge in [-0.05, 0) is 43.7 Å². The quantitative estimate of drug-likeness (QED) is 0.796. The third kappa shape index (κ3) is 4.32. The average Bonchev–Trinajstić information content (AvgIpc) is 2.61. The Morgan fingerprint density at radius 3 is 2.40 bits per heavy atom. The molecule has 5 nitrogen and oxygen atoms in total. The highest BCUT2D eigenvalue weighted by molar-refractivity contribution is 7.92. The van der Waals surface area contributed by atoms with Crippen molar-refractivity contribution in [3.05, 3.63) is 59.1 Å². The van der Waals surface area contributed by atoms with Crippen molar-refractivity contribution in [3.63, 3.8) is 0 Å². The normalized spacial score (nSPS) is 11.2. The predicted octanol–water partition coefficient (Wildman–Crippen LogP) is 3.70. The highest BCUT2D eigenvalue weighted by atomic mass is 35.5. The average molecular weight is 381 g/mol. The summed E-state index contributed by atoms with van der Waals surface area (Å²) in [5, 5.41) is 2.93. The van der Waals surface area contributed by atoms with E-state index in [2.05, 4.69) is 5.32 Å². The maximum atomic E-state index is 13.0. The Kier molecular flexibility index (Phi) is 6.45. The highest BCUT2D eigenvalue weighted by Gasteiger charge is 2.25. The van der Waals surface area contributed by atoms with Crippen molar-refractivity contribution >= 4 is 33.2 Å². The molecular formula is C18H21ClN2O3S. The maximum absolute atomic E-state index is 13.0. The van der Waals surface area contributed by atoms with Crippen molar-refractivity contribution < 1.29 is 13.2 Å². The van der Waals surface area contributed by atoms with Crippen molar-refractivity contribution in [2.24, 2.45) is 0 Å². The molecule has 0 saturated carbocycles. The molecule has 0 aliphatic carbocycles. The zero-order valence-corrected chi connectivity index (χ0v) is 15.8. The van der Waals surface area contributed by atoms with Gasteiger partial charge in [0.05, 0.1) is 21.2 Å². The number of rotatable bonds is 7. The van der Waals surface area contributed by atoms with Crippen LogP contribution in [-0.4, -0.2) is 27.4 Å². The van der Waals surface area contributed by atoms with Crippen LogP contribution in [0.5, 0.6) is 0 Å². The fourth-order valence-electron chi connectivity index (χ4n) is 2.39. The number of anilines is 1. The fourth-order valence-corrected chi connectivity index (χ4v) is 4.09. The minimum absolute atomic E-state index is 0.0317. The van der Waals surface area contributed by atoms with Crippen LogP contribution in [-0.2, 0) is 10.0 Å². The van der Waals surface area contributed by atoms with Crippen LogP contribution >= 0.6 is 11.6 Å². The Labute approximate surface area is 153 Å². The summed E-state index contributed by atoms with van der Waals surface area (Å²) in [6.07, 6.45) is 0.777. The van der Waals surface area contributed by atoms with E-state index in [1.54, 1.807) is 31.2 Å². The van der Waals surface area contributed by atoms with Crippen molar-refractivity contribution in [1.82, 2.24) is 5.32 Å². The van der Waals surface area contributed by atoms with E-state index in [0.717, 1.165) is 6.42 Å². The van der Waals surface area contributed by atoms with Crippen LogP contribution in [0, 0.1) is 0 Å². The van der Waals surface area contributed by atoms with Gasteiger partial charge in [-0.1, -0.05) is 36.7 Å². The number of carbonyl (C=O) groups excluding carboxylic acids is 1. The predicted molar refractivity (Wildman–Crippen MR) is 101 cm³/mol. The van der Waals surface area contributed by atoms with Crippen LogP contribution in [0.2, 0.25) is 5.02 Å².